The highest BCUT2D eigenvalue weighted by molar-refractivity contribution is 7.99. The van der Waals surface area contributed by atoms with Crippen LogP contribution in [-0.4, -0.2) is 35.6 Å². The first-order valence-electron chi connectivity index (χ1n) is 4.53. The molecule has 76 valence electrons. The second kappa shape index (κ2) is 4.33. The average Bonchev–Trinajstić information content (AvgIpc) is 2.03. The third-order valence-corrected chi connectivity index (χ3v) is 2.60. The van der Waals surface area contributed by atoms with Crippen molar-refractivity contribution in [1.29, 1.82) is 0 Å². The molecule has 4 heteroatoms. The van der Waals surface area contributed by atoms with E-state index in [1.807, 2.05) is 32.5 Å². The molecule has 1 atom stereocenters. The molecule has 0 radical (unpaired) electrons. The molecular formula is C9H18N2OS. The molecule has 1 rings (SSSR count). The molecule has 1 aliphatic rings. The lowest BCUT2D eigenvalue weighted by molar-refractivity contribution is 0.120. The summed E-state index contributed by atoms with van der Waals surface area (Å²) in [5.41, 5.74) is 5.74. The fourth-order valence-electron chi connectivity index (χ4n) is 1.12. The van der Waals surface area contributed by atoms with Crippen LogP contribution in [0.4, 0.5) is 0 Å². The molecule has 1 heterocycles. The molecule has 0 amide bonds. The highest BCUT2D eigenvalue weighted by Gasteiger charge is 2.20. The van der Waals surface area contributed by atoms with Crippen LogP contribution >= 0.6 is 11.8 Å². The van der Waals surface area contributed by atoms with Crippen LogP contribution in [0.15, 0.2) is 4.99 Å². The fourth-order valence-corrected chi connectivity index (χ4v) is 1.98. The summed E-state index contributed by atoms with van der Waals surface area (Å²) in [7, 11) is 0. The number of ether oxygens (including phenoxy) is 1. The van der Waals surface area contributed by atoms with Gasteiger partial charge in [-0.15, -0.1) is 0 Å². The van der Waals surface area contributed by atoms with Crippen molar-refractivity contribution in [2.45, 2.75) is 32.4 Å². The Bertz CT molecular complexity index is 192. The van der Waals surface area contributed by atoms with Gasteiger partial charge in [-0.25, -0.2) is 0 Å². The summed E-state index contributed by atoms with van der Waals surface area (Å²) in [6, 6.07) is 0. The second-order valence-electron chi connectivity index (χ2n) is 4.14. The minimum Gasteiger partial charge on any atom is -0.385 e. The van der Waals surface area contributed by atoms with Crippen molar-refractivity contribution in [3.8, 4) is 0 Å². The molecule has 0 aromatic heterocycles. The first-order valence-corrected chi connectivity index (χ1v) is 5.69. The molecular weight excluding hydrogens is 184 g/mol. The summed E-state index contributed by atoms with van der Waals surface area (Å²) in [5.74, 6) is 2.64. The Labute approximate surface area is 84.1 Å². The smallest absolute Gasteiger partial charge is 0.125 e. The first-order chi connectivity index (χ1) is 5.99. The van der Waals surface area contributed by atoms with Gasteiger partial charge in [0.2, 0.25) is 0 Å². The topological polar surface area (TPSA) is 47.6 Å². The molecule has 0 aromatic carbocycles. The van der Waals surface area contributed by atoms with Crippen molar-refractivity contribution in [3.63, 3.8) is 0 Å². The van der Waals surface area contributed by atoms with Crippen LogP contribution < -0.4 is 5.73 Å². The van der Waals surface area contributed by atoms with Gasteiger partial charge in [-0.05, 0) is 20.8 Å². The van der Waals surface area contributed by atoms with Gasteiger partial charge in [0.1, 0.15) is 11.9 Å². The molecule has 1 aliphatic heterocycles. The number of nitrogens with zero attached hydrogens (tertiary/aromatic N) is 1. The summed E-state index contributed by atoms with van der Waals surface area (Å²) in [6.45, 7) is 6.90. The Morgan fingerprint density at radius 1 is 1.54 bits per heavy atom. The number of aliphatic imine (C=N–C) groups is 1. The van der Waals surface area contributed by atoms with E-state index >= 15 is 0 Å². The monoisotopic (exact) mass is 202 g/mol. The molecule has 2 N–H and O–H groups in total. The normalized spacial score (nSPS) is 26.1. The summed E-state index contributed by atoms with van der Waals surface area (Å²) in [5, 5.41) is 0. The number of nitrogens with two attached hydrogens (primary N) is 1. The largest absolute Gasteiger partial charge is 0.385 e. The van der Waals surface area contributed by atoms with Crippen LogP contribution in [0.2, 0.25) is 0 Å². The predicted octanol–water partition coefficient (Wildman–Crippen LogP) is 1.27. The zero-order chi connectivity index (χ0) is 9.90. The number of thioether (sulfide) groups is 1. The Kier molecular flexibility index (Phi) is 3.62. The van der Waals surface area contributed by atoms with Gasteiger partial charge in [-0.3, -0.25) is 4.99 Å². The molecule has 1 saturated heterocycles. The van der Waals surface area contributed by atoms with E-state index in [1.54, 1.807) is 0 Å². The van der Waals surface area contributed by atoms with Gasteiger partial charge in [0.25, 0.3) is 0 Å². The van der Waals surface area contributed by atoms with E-state index in [1.165, 1.54) is 0 Å². The van der Waals surface area contributed by atoms with Crippen molar-refractivity contribution in [1.82, 2.24) is 0 Å². The van der Waals surface area contributed by atoms with E-state index in [0.717, 1.165) is 18.1 Å². The molecule has 1 fully saturated rings. The van der Waals surface area contributed by atoms with Gasteiger partial charge in [-0.2, -0.15) is 11.8 Å². The van der Waals surface area contributed by atoms with Crippen molar-refractivity contribution in [2.24, 2.45) is 10.7 Å². The Morgan fingerprint density at radius 2 is 2.23 bits per heavy atom. The van der Waals surface area contributed by atoms with E-state index in [4.69, 9.17) is 10.5 Å². The van der Waals surface area contributed by atoms with E-state index in [-0.39, 0.29) is 11.6 Å². The third-order valence-electron chi connectivity index (χ3n) is 1.61. The minimum absolute atomic E-state index is 0.0259. The average molecular weight is 202 g/mol. The van der Waals surface area contributed by atoms with Gasteiger partial charge in [0.05, 0.1) is 12.1 Å². The number of hydrogen-bond donors (Lipinski definition) is 1. The molecule has 0 aromatic rings. The number of rotatable bonds is 1. The third kappa shape index (κ3) is 4.00. The Balaban J connectivity index is 2.54. The summed E-state index contributed by atoms with van der Waals surface area (Å²) < 4.78 is 5.51. The lowest BCUT2D eigenvalue weighted by Crippen LogP contribution is -2.38. The zero-order valence-corrected chi connectivity index (χ0v) is 9.36. The van der Waals surface area contributed by atoms with Crippen LogP contribution in [0.5, 0.6) is 0 Å². The van der Waals surface area contributed by atoms with Crippen molar-refractivity contribution in [2.75, 3.05) is 18.1 Å². The highest BCUT2D eigenvalue weighted by atomic mass is 32.2. The molecule has 3 nitrogen and oxygen atoms in total. The minimum atomic E-state index is -0.102. The maximum absolute atomic E-state index is 5.85. The van der Waals surface area contributed by atoms with Crippen LogP contribution in [0.3, 0.4) is 0 Å². The Hall–Kier alpha value is -0.220. The van der Waals surface area contributed by atoms with Crippen LogP contribution in [0, 0.1) is 0 Å². The van der Waals surface area contributed by atoms with Crippen LogP contribution in [0.1, 0.15) is 20.8 Å². The summed E-state index contributed by atoms with van der Waals surface area (Å²) in [6.07, 6.45) is 0.0259. The molecule has 1 unspecified atom stereocenters. The van der Waals surface area contributed by atoms with Gasteiger partial charge in [-0.1, -0.05) is 0 Å². The van der Waals surface area contributed by atoms with E-state index < -0.39 is 0 Å². The molecule has 0 saturated carbocycles. The maximum atomic E-state index is 5.85. The van der Waals surface area contributed by atoms with Crippen LogP contribution in [0.25, 0.3) is 0 Å². The standard InChI is InChI=1S/C9H18N2OS/c1-9(2,3)11-8(10)7-6-13-5-4-12-7/h7H,4-6H2,1-3H3,(H2,10,11). The van der Waals surface area contributed by atoms with Crippen molar-refractivity contribution >= 4 is 17.6 Å². The molecule has 0 aliphatic carbocycles. The van der Waals surface area contributed by atoms with Crippen LogP contribution in [-0.2, 0) is 4.74 Å². The summed E-state index contributed by atoms with van der Waals surface area (Å²) >= 11 is 1.87. The fraction of sp³-hybridized carbons (Fsp3) is 0.889. The molecule has 0 spiro atoms. The predicted molar refractivity (Wildman–Crippen MR) is 58.4 cm³/mol. The Morgan fingerprint density at radius 3 is 2.69 bits per heavy atom. The van der Waals surface area contributed by atoms with Gasteiger partial charge >= 0.3 is 0 Å². The van der Waals surface area contributed by atoms with Gasteiger partial charge in [0.15, 0.2) is 0 Å². The number of amidine groups is 1. The second-order valence-corrected chi connectivity index (χ2v) is 5.29. The van der Waals surface area contributed by atoms with E-state index in [9.17, 15) is 0 Å². The SMILES string of the molecule is CC(C)(C)N=C(N)C1CSCCO1. The lowest BCUT2D eigenvalue weighted by Gasteiger charge is -2.24. The molecule has 13 heavy (non-hydrogen) atoms. The van der Waals surface area contributed by atoms with E-state index in [0.29, 0.717) is 5.84 Å². The molecule has 0 bridgehead atoms. The summed E-state index contributed by atoms with van der Waals surface area (Å²) in [4.78, 5) is 4.39. The quantitative estimate of drug-likeness (QED) is 0.514. The number of hydrogen-bond acceptors (Lipinski definition) is 3. The maximum Gasteiger partial charge on any atom is 0.125 e. The van der Waals surface area contributed by atoms with Gasteiger partial charge in [0, 0.05) is 11.5 Å². The van der Waals surface area contributed by atoms with E-state index in [2.05, 4.69) is 4.99 Å². The van der Waals surface area contributed by atoms with Crippen molar-refractivity contribution < 1.29 is 4.74 Å². The zero-order valence-electron chi connectivity index (χ0n) is 8.54. The highest BCUT2D eigenvalue weighted by Crippen LogP contribution is 2.14. The van der Waals surface area contributed by atoms with Crippen molar-refractivity contribution in [3.05, 3.63) is 0 Å². The first kappa shape index (κ1) is 10.9. The van der Waals surface area contributed by atoms with Gasteiger partial charge < -0.3 is 10.5 Å². The lowest BCUT2D eigenvalue weighted by atomic mass is 10.1.